The first-order chi connectivity index (χ1) is 15.7. The van der Waals surface area contributed by atoms with Crippen LogP contribution < -0.4 is 0 Å². The first-order valence-corrected chi connectivity index (χ1v) is 22.4. The molecule has 1 heterocycles. The molecule has 0 aromatic heterocycles. The van der Waals surface area contributed by atoms with Gasteiger partial charge < -0.3 is 16.5 Å². The van der Waals surface area contributed by atoms with Crippen LogP contribution in [0.1, 0.15) is 103 Å². The van der Waals surface area contributed by atoms with E-state index < -0.39 is 34.2 Å². The van der Waals surface area contributed by atoms with Crippen molar-refractivity contribution in [3.05, 3.63) is 0 Å². The van der Waals surface area contributed by atoms with Crippen molar-refractivity contribution in [1.29, 1.82) is 0 Å². The molecule has 32 heavy (non-hydrogen) atoms. The average Bonchev–Trinajstić information content (AvgIpc) is 3.65. The van der Waals surface area contributed by atoms with E-state index >= 15 is 0 Å². The normalized spacial score (nSPS) is 40.5. The molecule has 0 radical (unpaired) electrons. The highest BCUT2D eigenvalue weighted by Crippen LogP contribution is 2.73. The van der Waals surface area contributed by atoms with Gasteiger partial charge in [-0.15, -0.1) is 0 Å². The zero-order chi connectivity index (χ0) is 20.8. The first kappa shape index (κ1) is 19.8. The first-order valence-electron chi connectivity index (χ1n) is 14.5. The molecular formula is C24H40O4Si4. The van der Waals surface area contributed by atoms with Gasteiger partial charge in [-0.2, -0.15) is 0 Å². The Balaban J connectivity index is 1.23. The van der Waals surface area contributed by atoms with E-state index in [1.54, 1.807) is 0 Å². The molecule has 9 fully saturated rings. The summed E-state index contributed by atoms with van der Waals surface area (Å²) in [5.41, 5.74) is 6.27. The topological polar surface area (TPSA) is 36.9 Å². The zero-order valence-corrected chi connectivity index (χ0v) is 23.6. The third-order valence-electron chi connectivity index (χ3n) is 10.4. The summed E-state index contributed by atoms with van der Waals surface area (Å²) < 4.78 is 32.0. The molecule has 8 aliphatic carbocycles. The molecule has 0 atom stereocenters. The SMILES string of the molecule is C1CC1[Si]1(C2CC2)O[Si](C2CC2)(C2CC2)O[Si](C2CC2)(C2CC2)O[Si](C2CC2)(C2CC2)O1. The lowest BCUT2D eigenvalue weighted by molar-refractivity contribution is 0.199. The van der Waals surface area contributed by atoms with E-state index in [4.69, 9.17) is 16.5 Å². The van der Waals surface area contributed by atoms with Crippen molar-refractivity contribution in [2.24, 2.45) is 0 Å². The summed E-state index contributed by atoms with van der Waals surface area (Å²) in [5.74, 6) is 0. The summed E-state index contributed by atoms with van der Waals surface area (Å²) in [5, 5.41) is 0. The molecule has 9 rings (SSSR count). The Morgan fingerprint density at radius 3 is 0.469 bits per heavy atom. The van der Waals surface area contributed by atoms with Crippen LogP contribution in [0.3, 0.4) is 0 Å². The van der Waals surface area contributed by atoms with Gasteiger partial charge >= 0.3 is 34.2 Å². The molecule has 0 spiro atoms. The molecular weight excluding hydrogens is 465 g/mol. The second-order valence-corrected chi connectivity index (χ2v) is 29.1. The van der Waals surface area contributed by atoms with Crippen LogP contribution in [-0.2, 0) is 16.5 Å². The molecule has 0 aromatic carbocycles. The van der Waals surface area contributed by atoms with Crippen molar-refractivity contribution in [2.45, 2.75) is 147 Å². The van der Waals surface area contributed by atoms with Crippen LogP contribution in [0.4, 0.5) is 0 Å². The van der Waals surface area contributed by atoms with E-state index in [1.165, 1.54) is 103 Å². The predicted molar refractivity (Wildman–Crippen MR) is 131 cm³/mol. The average molecular weight is 505 g/mol. The molecule has 0 amide bonds. The smallest absolute Gasteiger partial charge is 0.327 e. The Kier molecular flexibility index (Phi) is 3.93. The lowest BCUT2D eigenvalue weighted by Crippen LogP contribution is -2.72. The van der Waals surface area contributed by atoms with E-state index in [0.717, 1.165) is 44.3 Å². The molecule has 4 nitrogen and oxygen atoms in total. The van der Waals surface area contributed by atoms with Gasteiger partial charge in [0.15, 0.2) is 0 Å². The lowest BCUT2D eigenvalue weighted by atomic mass is 10.9. The molecule has 9 aliphatic rings. The monoisotopic (exact) mass is 504 g/mol. The maximum atomic E-state index is 8.01. The Labute approximate surface area is 197 Å². The van der Waals surface area contributed by atoms with Gasteiger partial charge in [0.25, 0.3) is 0 Å². The van der Waals surface area contributed by atoms with Gasteiger partial charge in [-0.3, -0.25) is 0 Å². The third kappa shape index (κ3) is 2.90. The summed E-state index contributed by atoms with van der Waals surface area (Å²) in [4.78, 5) is 0. The molecule has 1 aliphatic heterocycles. The molecule has 8 saturated carbocycles. The fourth-order valence-corrected chi connectivity index (χ4v) is 38.9. The van der Waals surface area contributed by atoms with E-state index in [-0.39, 0.29) is 0 Å². The predicted octanol–water partition coefficient (Wildman–Crippen LogP) is 7.15. The van der Waals surface area contributed by atoms with Crippen molar-refractivity contribution in [3.63, 3.8) is 0 Å². The second kappa shape index (κ2) is 6.33. The maximum absolute atomic E-state index is 8.01. The Hall–Kier alpha value is 0.708. The van der Waals surface area contributed by atoms with Gasteiger partial charge in [-0.1, -0.05) is 0 Å². The molecule has 0 aromatic rings. The van der Waals surface area contributed by atoms with Crippen molar-refractivity contribution in [3.8, 4) is 0 Å². The highest BCUT2D eigenvalue weighted by Gasteiger charge is 2.80. The summed E-state index contributed by atoms with van der Waals surface area (Å²) >= 11 is 0. The van der Waals surface area contributed by atoms with E-state index in [9.17, 15) is 0 Å². The lowest BCUT2D eigenvalue weighted by Gasteiger charge is -2.55. The summed E-state index contributed by atoms with van der Waals surface area (Å²) in [6.07, 6.45) is 22.2. The standard InChI is InChI=1S/C24H40O4Si4/c1-2-17(1)29(18-3-4-18)25-30(19-5-6-19,20-7-8-20)27-32(23-13-14-23,24-15-16-24)28-31(26-29,21-9-10-21)22-11-12-22/h17-24H,1-16H2. The van der Waals surface area contributed by atoms with Gasteiger partial charge in [0, 0.05) is 44.3 Å². The zero-order valence-electron chi connectivity index (χ0n) is 19.6. The largest absolute Gasteiger partial charge is 0.415 e. The Morgan fingerprint density at radius 1 is 0.250 bits per heavy atom. The quantitative estimate of drug-likeness (QED) is 0.329. The minimum absolute atomic E-state index is 0.784. The van der Waals surface area contributed by atoms with Gasteiger partial charge in [0.1, 0.15) is 0 Å². The highest BCUT2D eigenvalue weighted by atomic mass is 28.5. The van der Waals surface area contributed by atoms with E-state index in [1.807, 2.05) is 0 Å². The van der Waals surface area contributed by atoms with Crippen molar-refractivity contribution >= 4 is 34.2 Å². The number of hydrogen-bond donors (Lipinski definition) is 0. The summed E-state index contributed by atoms with van der Waals surface area (Å²) in [7, 11) is -9.02. The van der Waals surface area contributed by atoms with Crippen LogP contribution in [0.5, 0.6) is 0 Å². The fraction of sp³-hybridized carbons (Fsp3) is 1.00. The second-order valence-electron chi connectivity index (χ2n) is 13.5. The van der Waals surface area contributed by atoms with Gasteiger partial charge in [0.2, 0.25) is 0 Å². The molecule has 0 unspecified atom stereocenters. The fourth-order valence-electron chi connectivity index (χ4n) is 7.63. The van der Waals surface area contributed by atoms with Crippen molar-refractivity contribution < 1.29 is 16.5 Å². The van der Waals surface area contributed by atoms with Crippen LogP contribution in [0.25, 0.3) is 0 Å². The van der Waals surface area contributed by atoms with E-state index in [2.05, 4.69) is 0 Å². The van der Waals surface area contributed by atoms with Crippen LogP contribution in [0.2, 0.25) is 44.3 Å². The molecule has 176 valence electrons. The molecule has 0 N–H and O–H groups in total. The maximum Gasteiger partial charge on any atom is 0.327 e. The summed E-state index contributed by atoms with van der Waals surface area (Å²) in [6.45, 7) is 0. The molecule has 0 bridgehead atoms. The van der Waals surface area contributed by atoms with Crippen LogP contribution in [0.15, 0.2) is 0 Å². The Bertz CT molecular complexity index is 622. The van der Waals surface area contributed by atoms with Gasteiger partial charge in [-0.05, 0) is 103 Å². The van der Waals surface area contributed by atoms with Crippen molar-refractivity contribution in [2.75, 3.05) is 0 Å². The molecule has 8 heteroatoms. The van der Waals surface area contributed by atoms with Crippen LogP contribution >= 0.6 is 0 Å². The van der Waals surface area contributed by atoms with Gasteiger partial charge in [-0.25, -0.2) is 0 Å². The summed E-state index contributed by atoms with van der Waals surface area (Å²) in [6, 6.07) is 0. The molecule has 1 saturated heterocycles. The van der Waals surface area contributed by atoms with E-state index in [0.29, 0.717) is 0 Å². The highest BCUT2D eigenvalue weighted by molar-refractivity contribution is 6.99. The van der Waals surface area contributed by atoms with Gasteiger partial charge in [0.05, 0.1) is 0 Å². The Morgan fingerprint density at radius 2 is 0.375 bits per heavy atom. The van der Waals surface area contributed by atoms with Crippen LogP contribution in [0, 0.1) is 0 Å². The number of rotatable bonds is 8. The van der Waals surface area contributed by atoms with Crippen LogP contribution in [-0.4, -0.2) is 34.2 Å². The minimum atomic E-state index is -2.26. The third-order valence-corrected chi connectivity index (χ3v) is 34.4. The van der Waals surface area contributed by atoms with Crippen molar-refractivity contribution in [1.82, 2.24) is 0 Å². The minimum Gasteiger partial charge on any atom is -0.415 e. The number of hydrogen-bond acceptors (Lipinski definition) is 4.